The van der Waals surface area contributed by atoms with Crippen LogP contribution in [0.4, 0.5) is 4.79 Å². The number of nitrogens with one attached hydrogen (secondary N) is 2. The first kappa shape index (κ1) is 24.6. The molecule has 2 unspecified atom stereocenters. The Kier molecular flexibility index (Phi) is 11.9. The Hall–Kier alpha value is -0.380. The van der Waals surface area contributed by atoms with Crippen LogP contribution in [-0.2, 0) is 4.74 Å². The molecule has 6 nitrogen and oxygen atoms in total. The lowest BCUT2D eigenvalue weighted by Crippen LogP contribution is -2.44. The minimum atomic E-state index is -0.461. The summed E-state index contributed by atoms with van der Waals surface area (Å²) in [5, 5.41) is 7.42. The van der Waals surface area contributed by atoms with Crippen molar-refractivity contribution >= 4 is 47.8 Å². The summed E-state index contributed by atoms with van der Waals surface area (Å²) < 4.78 is 5.37. The maximum atomic E-state index is 12.0. The lowest BCUT2D eigenvalue weighted by molar-refractivity contribution is 0.0278. The molecule has 1 rings (SSSR count). The topological polar surface area (TPSA) is 66.0 Å². The van der Waals surface area contributed by atoms with Gasteiger partial charge in [-0.25, -0.2) is 4.79 Å². The van der Waals surface area contributed by atoms with Crippen LogP contribution in [0, 0.1) is 5.92 Å². The Morgan fingerprint density at radius 1 is 1.40 bits per heavy atom. The predicted molar refractivity (Wildman–Crippen MR) is 118 cm³/mol. The van der Waals surface area contributed by atoms with Gasteiger partial charge in [0.15, 0.2) is 5.96 Å². The normalized spacial score (nSPS) is 19.0. The molecule has 2 N–H and O–H groups in total. The number of hydrogen-bond donors (Lipinski definition) is 2. The smallest absolute Gasteiger partial charge is 0.410 e. The van der Waals surface area contributed by atoms with E-state index in [0.717, 1.165) is 19.0 Å². The molecule has 1 aliphatic rings. The van der Waals surface area contributed by atoms with E-state index in [2.05, 4.69) is 22.5 Å². The third kappa shape index (κ3) is 11.0. The second kappa shape index (κ2) is 12.1. The number of aliphatic imine (C=N–C) groups is 1. The van der Waals surface area contributed by atoms with Crippen LogP contribution in [0.2, 0.25) is 0 Å². The first-order valence-corrected chi connectivity index (χ1v) is 9.76. The van der Waals surface area contributed by atoms with E-state index in [1.54, 1.807) is 19.0 Å². The van der Waals surface area contributed by atoms with Crippen molar-refractivity contribution in [3.63, 3.8) is 0 Å². The van der Waals surface area contributed by atoms with Gasteiger partial charge < -0.3 is 20.3 Å². The minimum absolute atomic E-state index is 0. The SMILES string of the molecule is CN=C(NCC(C)CN(C)C(=O)OC(C)(C)C)NCC1CCCS1.I. The van der Waals surface area contributed by atoms with Crippen molar-refractivity contribution in [2.45, 2.75) is 51.4 Å². The van der Waals surface area contributed by atoms with Gasteiger partial charge in [-0.2, -0.15) is 11.8 Å². The Bertz CT molecular complexity index is 423. The van der Waals surface area contributed by atoms with Gasteiger partial charge in [0.2, 0.25) is 0 Å². The lowest BCUT2D eigenvalue weighted by Gasteiger charge is -2.26. The first-order chi connectivity index (χ1) is 11.2. The van der Waals surface area contributed by atoms with E-state index in [0.29, 0.717) is 17.7 Å². The lowest BCUT2D eigenvalue weighted by atomic mass is 10.1. The van der Waals surface area contributed by atoms with Crippen molar-refractivity contribution in [3.8, 4) is 0 Å². The summed E-state index contributed by atoms with van der Waals surface area (Å²) in [4.78, 5) is 17.9. The molecule has 0 bridgehead atoms. The molecule has 2 atom stereocenters. The predicted octanol–water partition coefficient (Wildman–Crippen LogP) is 3.17. The summed E-state index contributed by atoms with van der Waals surface area (Å²) in [7, 11) is 3.56. The van der Waals surface area contributed by atoms with Crippen molar-refractivity contribution < 1.29 is 9.53 Å². The number of hydrogen-bond acceptors (Lipinski definition) is 4. The molecule has 1 fully saturated rings. The van der Waals surface area contributed by atoms with E-state index in [-0.39, 0.29) is 30.1 Å². The van der Waals surface area contributed by atoms with Crippen LogP contribution < -0.4 is 10.6 Å². The van der Waals surface area contributed by atoms with Crippen LogP contribution >= 0.6 is 35.7 Å². The van der Waals surface area contributed by atoms with E-state index < -0.39 is 5.60 Å². The van der Waals surface area contributed by atoms with Gasteiger partial charge in [-0.15, -0.1) is 24.0 Å². The van der Waals surface area contributed by atoms with Crippen molar-refractivity contribution in [3.05, 3.63) is 0 Å². The molecule has 1 saturated heterocycles. The summed E-state index contributed by atoms with van der Waals surface area (Å²) in [6.07, 6.45) is 2.32. The Morgan fingerprint density at radius 3 is 2.60 bits per heavy atom. The Balaban J connectivity index is 0.00000576. The summed E-state index contributed by atoms with van der Waals surface area (Å²) in [6.45, 7) is 10.1. The summed E-state index contributed by atoms with van der Waals surface area (Å²) in [5.74, 6) is 2.39. The number of nitrogens with zero attached hydrogens (tertiary/aromatic N) is 2. The van der Waals surface area contributed by atoms with E-state index in [9.17, 15) is 4.79 Å². The standard InChI is InChI=1S/C17H34N4O2S.HI/c1-13(12-21(6)16(22)23-17(2,3)4)10-19-15(18-5)20-11-14-8-7-9-24-14;/h13-14H,7-12H2,1-6H3,(H2,18,19,20);1H. The fraction of sp³-hybridized carbons (Fsp3) is 0.882. The molecule has 0 aliphatic carbocycles. The zero-order valence-electron chi connectivity index (χ0n) is 16.4. The van der Waals surface area contributed by atoms with Gasteiger partial charge in [0.05, 0.1) is 0 Å². The van der Waals surface area contributed by atoms with E-state index in [1.807, 2.05) is 32.5 Å². The molecule has 0 saturated carbocycles. The van der Waals surface area contributed by atoms with Crippen molar-refractivity contribution in [2.24, 2.45) is 10.9 Å². The van der Waals surface area contributed by atoms with Gasteiger partial charge >= 0.3 is 6.09 Å². The summed E-state index contributed by atoms with van der Waals surface area (Å²) in [5.41, 5.74) is -0.461. The number of amides is 1. The van der Waals surface area contributed by atoms with Gasteiger partial charge in [0.25, 0.3) is 0 Å². The van der Waals surface area contributed by atoms with Crippen LogP contribution in [0.3, 0.4) is 0 Å². The Labute approximate surface area is 174 Å². The molecule has 0 spiro atoms. The first-order valence-electron chi connectivity index (χ1n) is 8.71. The quantitative estimate of drug-likeness (QED) is 0.343. The van der Waals surface area contributed by atoms with E-state index in [4.69, 9.17) is 4.74 Å². The third-order valence-electron chi connectivity index (χ3n) is 3.65. The number of rotatable bonds is 6. The molecule has 148 valence electrons. The highest BCUT2D eigenvalue weighted by Gasteiger charge is 2.21. The summed E-state index contributed by atoms with van der Waals surface area (Å²) in [6, 6.07) is 0. The average Bonchev–Trinajstić information content (AvgIpc) is 2.98. The molecule has 0 aromatic heterocycles. The van der Waals surface area contributed by atoms with Gasteiger partial charge in [0, 0.05) is 39.0 Å². The number of carbonyl (C=O) groups is 1. The van der Waals surface area contributed by atoms with E-state index >= 15 is 0 Å². The zero-order valence-corrected chi connectivity index (χ0v) is 19.6. The van der Waals surface area contributed by atoms with Crippen LogP contribution in [0.5, 0.6) is 0 Å². The highest BCUT2D eigenvalue weighted by Crippen LogP contribution is 2.25. The van der Waals surface area contributed by atoms with Gasteiger partial charge in [-0.05, 0) is 45.3 Å². The molecule has 8 heteroatoms. The molecule has 1 amide bonds. The zero-order chi connectivity index (χ0) is 18.2. The molecule has 25 heavy (non-hydrogen) atoms. The highest BCUT2D eigenvalue weighted by molar-refractivity contribution is 14.0. The van der Waals surface area contributed by atoms with Crippen LogP contribution in [0.15, 0.2) is 4.99 Å². The molecular weight excluding hydrogens is 451 g/mol. The largest absolute Gasteiger partial charge is 0.444 e. The van der Waals surface area contributed by atoms with Gasteiger partial charge in [0.1, 0.15) is 5.60 Å². The second-order valence-corrected chi connectivity index (χ2v) is 8.84. The monoisotopic (exact) mass is 486 g/mol. The number of thioether (sulfide) groups is 1. The maximum absolute atomic E-state index is 12.0. The maximum Gasteiger partial charge on any atom is 0.410 e. The van der Waals surface area contributed by atoms with Crippen molar-refractivity contribution in [1.29, 1.82) is 0 Å². The number of ether oxygens (including phenoxy) is 1. The minimum Gasteiger partial charge on any atom is -0.444 e. The van der Waals surface area contributed by atoms with E-state index in [1.165, 1.54) is 18.6 Å². The molecular formula is C17H35IN4O2S. The molecule has 0 radical (unpaired) electrons. The fourth-order valence-electron chi connectivity index (χ4n) is 2.45. The average molecular weight is 486 g/mol. The van der Waals surface area contributed by atoms with Crippen LogP contribution in [0.25, 0.3) is 0 Å². The number of guanidine groups is 1. The number of carbonyl (C=O) groups excluding carboxylic acids is 1. The fourth-order valence-corrected chi connectivity index (χ4v) is 3.65. The highest BCUT2D eigenvalue weighted by atomic mass is 127. The molecule has 0 aromatic rings. The Morgan fingerprint density at radius 2 is 2.08 bits per heavy atom. The second-order valence-electron chi connectivity index (χ2n) is 7.44. The third-order valence-corrected chi connectivity index (χ3v) is 5.05. The van der Waals surface area contributed by atoms with Crippen molar-refractivity contribution in [2.75, 3.05) is 39.5 Å². The number of halogens is 1. The molecule has 1 heterocycles. The van der Waals surface area contributed by atoms with Crippen molar-refractivity contribution in [1.82, 2.24) is 15.5 Å². The molecule has 0 aromatic carbocycles. The van der Waals surface area contributed by atoms with Crippen LogP contribution in [-0.4, -0.2) is 67.3 Å². The van der Waals surface area contributed by atoms with Gasteiger partial charge in [-0.1, -0.05) is 6.92 Å². The van der Waals surface area contributed by atoms with Crippen LogP contribution in [0.1, 0.15) is 40.5 Å². The summed E-state index contributed by atoms with van der Waals surface area (Å²) >= 11 is 2.03. The molecule has 1 aliphatic heterocycles. The van der Waals surface area contributed by atoms with Gasteiger partial charge in [-0.3, -0.25) is 4.99 Å².